The molecule has 6 nitrogen and oxygen atoms in total. The van der Waals surface area contributed by atoms with Gasteiger partial charge in [0.15, 0.2) is 5.13 Å². The van der Waals surface area contributed by atoms with Gasteiger partial charge in [0, 0.05) is 11.9 Å². The van der Waals surface area contributed by atoms with Crippen molar-refractivity contribution in [3.05, 3.63) is 63.9 Å². The molecular weight excluding hydrogens is 422 g/mol. The van der Waals surface area contributed by atoms with E-state index in [0.29, 0.717) is 22.6 Å². The number of nitrogens with zero attached hydrogens (tertiary/aromatic N) is 2. The van der Waals surface area contributed by atoms with Crippen LogP contribution in [-0.2, 0) is 6.54 Å². The molecule has 2 aromatic heterocycles. The van der Waals surface area contributed by atoms with Crippen LogP contribution in [0.15, 0.2) is 47.3 Å². The Hall–Kier alpha value is -3.19. The summed E-state index contributed by atoms with van der Waals surface area (Å²) in [5.41, 5.74) is 1.80. The molecule has 0 unspecified atom stereocenters. The van der Waals surface area contributed by atoms with Crippen molar-refractivity contribution in [2.24, 2.45) is 0 Å². The van der Waals surface area contributed by atoms with Gasteiger partial charge in [-0.3, -0.25) is 14.9 Å². The molecule has 32 heavy (non-hydrogen) atoms. The second kappa shape index (κ2) is 9.53. The van der Waals surface area contributed by atoms with Gasteiger partial charge in [0.2, 0.25) is 0 Å². The number of hydrogen-bond donors (Lipinski definition) is 2. The number of carbonyl (C=O) groups excluding carboxylic acids is 1. The van der Waals surface area contributed by atoms with E-state index in [1.807, 2.05) is 31.2 Å². The van der Waals surface area contributed by atoms with Crippen LogP contribution in [0.5, 0.6) is 5.75 Å². The Kier molecular flexibility index (Phi) is 6.55. The van der Waals surface area contributed by atoms with Crippen LogP contribution >= 0.6 is 11.3 Å². The smallest absolute Gasteiger partial charge is 0.267 e. The lowest BCUT2D eigenvalue weighted by atomic mass is 10.1. The number of carbonyl (C=O) groups is 1. The number of nitrogens with one attached hydrogen (secondary N) is 1. The van der Waals surface area contributed by atoms with Crippen LogP contribution in [0.2, 0.25) is 0 Å². The lowest BCUT2D eigenvalue weighted by Gasteiger charge is -2.14. The molecule has 7 heteroatoms. The van der Waals surface area contributed by atoms with Crippen molar-refractivity contribution < 1.29 is 9.90 Å². The number of fused-ring (bicyclic) bond motifs is 2. The Morgan fingerprint density at radius 3 is 2.72 bits per heavy atom. The van der Waals surface area contributed by atoms with Crippen molar-refractivity contribution >= 4 is 43.5 Å². The highest BCUT2D eigenvalue weighted by Crippen LogP contribution is 2.30. The number of pyridine rings is 1. The minimum Gasteiger partial charge on any atom is -0.506 e. The molecular formula is C25H27N3O3S. The third-order valence-corrected chi connectivity index (χ3v) is 6.56. The fourth-order valence-electron chi connectivity index (χ4n) is 3.93. The molecule has 0 fully saturated rings. The summed E-state index contributed by atoms with van der Waals surface area (Å²) in [6, 6.07) is 13.0. The average Bonchev–Trinajstić information content (AvgIpc) is 3.17. The number of benzene rings is 2. The van der Waals surface area contributed by atoms with E-state index in [4.69, 9.17) is 0 Å². The highest BCUT2D eigenvalue weighted by atomic mass is 32.1. The lowest BCUT2D eigenvalue weighted by Crippen LogP contribution is -2.30. The second-order valence-electron chi connectivity index (χ2n) is 8.06. The van der Waals surface area contributed by atoms with Crippen LogP contribution in [0, 0.1) is 6.92 Å². The maximum absolute atomic E-state index is 13.3. The maximum Gasteiger partial charge on any atom is 0.267 e. The Bertz CT molecular complexity index is 1340. The van der Waals surface area contributed by atoms with Crippen molar-refractivity contribution in [2.75, 3.05) is 5.32 Å². The minimum absolute atomic E-state index is 0.243. The number of anilines is 1. The molecule has 0 bridgehead atoms. The van der Waals surface area contributed by atoms with E-state index in [-0.39, 0.29) is 11.3 Å². The Labute approximate surface area is 190 Å². The third-order valence-electron chi connectivity index (χ3n) is 5.62. The van der Waals surface area contributed by atoms with Gasteiger partial charge in [-0.25, -0.2) is 4.98 Å². The standard InChI is InChI=1S/C25H27N3O3S/c1-3-4-5-6-9-14-28-19-11-8-7-10-17(19)22(29)21(24(28)31)23(30)27-25-26-18-13-12-16(2)15-20(18)32-25/h7-8,10-13,15,29H,3-6,9,14H2,1-2H3,(H,26,27,30). The molecule has 2 N–H and O–H groups in total. The first-order valence-corrected chi connectivity index (χ1v) is 11.8. The first-order valence-electron chi connectivity index (χ1n) is 11.0. The van der Waals surface area contributed by atoms with Crippen molar-refractivity contribution in [3.8, 4) is 5.75 Å². The van der Waals surface area contributed by atoms with Crippen LogP contribution in [0.25, 0.3) is 21.1 Å². The van der Waals surface area contributed by atoms with Gasteiger partial charge in [-0.15, -0.1) is 0 Å². The van der Waals surface area contributed by atoms with Gasteiger partial charge < -0.3 is 9.67 Å². The molecule has 2 heterocycles. The third kappa shape index (κ3) is 4.39. The van der Waals surface area contributed by atoms with Crippen molar-refractivity contribution in [3.63, 3.8) is 0 Å². The van der Waals surface area contributed by atoms with E-state index < -0.39 is 11.5 Å². The van der Waals surface area contributed by atoms with Crippen LogP contribution in [0.3, 0.4) is 0 Å². The number of unbranched alkanes of at least 4 members (excludes halogenated alkanes) is 4. The monoisotopic (exact) mass is 449 g/mol. The van der Waals surface area contributed by atoms with E-state index >= 15 is 0 Å². The predicted molar refractivity (Wildman–Crippen MR) is 131 cm³/mol. The maximum atomic E-state index is 13.3. The number of hydrogen-bond acceptors (Lipinski definition) is 5. The Morgan fingerprint density at radius 1 is 1.12 bits per heavy atom. The second-order valence-corrected chi connectivity index (χ2v) is 9.09. The molecule has 0 spiro atoms. The summed E-state index contributed by atoms with van der Waals surface area (Å²) in [7, 11) is 0. The number of thiazole rings is 1. The van der Waals surface area contributed by atoms with E-state index in [9.17, 15) is 14.7 Å². The first kappa shape index (κ1) is 22.0. The van der Waals surface area contributed by atoms with Gasteiger partial charge in [-0.1, -0.05) is 62.1 Å². The zero-order valence-electron chi connectivity index (χ0n) is 18.4. The largest absolute Gasteiger partial charge is 0.506 e. The number of aromatic hydroxyl groups is 1. The molecule has 0 aliphatic heterocycles. The molecule has 0 radical (unpaired) electrons. The molecule has 0 atom stereocenters. The lowest BCUT2D eigenvalue weighted by molar-refractivity contribution is 0.102. The van der Waals surface area contributed by atoms with Crippen molar-refractivity contribution in [1.82, 2.24) is 9.55 Å². The SMILES string of the molecule is CCCCCCCn1c(=O)c(C(=O)Nc2nc3ccc(C)cc3s2)c(O)c2ccccc21. The molecule has 0 aliphatic rings. The minimum atomic E-state index is -0.645. The van der Waals surface area contributed by atoms with E-state index in [0.717, 1.165) is 41.5 Å². The number of amides is 1. The molecule has 0 aliphatic carbocycles. The van der Waals surface area contributed by atoms with Crippen LogP contribution in [0.4, 0.5) is 5.13 Å². The molecule has 2 aromatic carbocycles. The molecule has 166 valence electrons. The highest BCUT2D eigenvalue weighted by molar-refractivity contribution is 7.22. The fourth-order valence-corrected chi connectivity index (χ4v) is 4.89. The Morgan fingerprint density at radius 2 is 1.91 bits per heavy atom. The predicted octanol–water partition coefficient (Wildman–Crippen LogP) is 5.85. The zero-order valence-corrected chi connectivity index (χ0v) is 19.2. The van der Waals surface area contributed by atoms with E-state index in [1.165, 1.54) is 17.8 Å². The van der Waals surface area contributed by atoms with Gasteiger partial charge in [-0.05, 0) is 43.2 Å². The Balaban J connectivity index is 1.68. The van der Waals surface area contributed by atoms with Gasteiger partial charge in [0.05, 0.1) is 15.7 Å². The molecule has 0 saturated carbocycles. The van der Waals surface area contributed by atoms with Gasteiger partial charge >= 0.3 is 0 Å². The summed E-state index contributed by atoms with van der Waals surface area (Å²) in [6.07, 6.45) is 5.29. The van der Waals surface area contributed by atoms with Crippen LogP contribution in [-0.4, -0.2) is 20.6 Å². The fraction of sp³-hybridized carbons (Fsp3) is 0.320. The number of rotatable bonds is 8. The summed E-state index contributed by atoms with van der Waals surface area (Å²) in [4.78, 5) is 30.8. The highest BCUT2D eigenvalue weighted by Gasteiger charge is 2.23. The van der Waals surface area contributed by atoms with Crippen LogP contribution < -0.4 is 10.9 Å². The summed E-state index contributed by atoms with van der Waals surface area (Å²) in [6.45, 7) is 4.66. The van der Waals surface area contributed by atoms with Crippen LogP contribution in [0.1, 0.15) is 54.9 Å². The summed E-state index contributed by atoms with van der Waals surface area (Å²) in [5.74, 6) is -0.934. The number of aryl methyl sites for hydroxylation is 2. The topological polar surface area (TPSA) is 84.2 Å². The van der Waals surface area contributed by atoms with E-state index in [1.54, 1.807) is 22.8 Å². The summed E-state index contributed by atoms with van der Waals surface area (Å²) < 4.78 is 2.56. The number of para-hydroxylation sites is 1. The average molecular weight is 450 g/mol. The van der Waals surface area contributed by atoms with Gasteiger partial charge in [0.25, 0.3) is 11.5 Å². The molecule has 1 amide bonds. The molecule has 4 rings (SSSR count). The quantitative estimate of drug-likeness (QED) is 0.331. The van der Waals surface area contributed by atoms with Crippen molar-refractivity contribution in [2.45, 2.75) is 52.5 Å². The van der Waals surface area contributed by atoms with E-state index in [2.05, 4.69) is 17.2 Å². The normalized spacial score (nSPS) is 11.3. The van der Waals surface area contributed by atoms with Gasteiger partial charge in [-0.2, -0.15) is 0 Å². The zero-order chi connectivity index (χ0) is 22.7. The molecule has 4 aromatic rings. The first-order chi connectivity index (χ1) is 15.5. The van der Waals surface area contributed by atoms with Crippen molar-refractivity contribution in [1.29, 1.82) is 0 Å². The summed E-state index contributed by atoms with van der Waals surface area (Å²) in [5, 5.41) is 14.4. The number of aromatic nitrogens is 2. The summed E-state index contributed by atoms with van der Waals surface area (Å²) >= 11 is 1.34. The molecule has 0 saturated heterocycles. The van der Waals surface area contributed by atoms with Gasteiger partial charge in [0.1, 0.15) is 11.3 Å².